The highest BCUT2D eigenvalue weighted by atomic mass is 19.1. The van der Waals surface area contributed by atoms with Crippen LogP contribution < -0.4 is 4.74 Å². The average Bonchev–Trinajstić information content (AvgIpc) is 3.41. The molecule has 0 amide bonds. The van der Waals surface area contributed by atoms with E-state index in [1.807, 2.05) is 4.90 Å². The molecule has 1 aliphatic carbocycles. The van der Waals surface area contributed by atoms with Crippen LogP contribution in [-0.4, -0.2) is 50.0 Å². The SMILES string of the molecule is Cc1nnc(C)n1-c1ccc(O[C@H]2c3cc(F)cc(F)c3C[C@@H]2N2CCC(O)C2)c(F)c1. The van der Waals surface area contributed by atoms with Crippen LogP contribution in [0.1, 0.15) is 35.3 Å². The number of hydrogen-bond acceptors (Lipinski definition) is 5. The van der Waals surface area contributed by atoms with E-state index < -0.39 is 29.7 Å². The molecule has 1 aromatic heterocycles. The van der Waals surface area contributed by atoms with E-state index in [2.05, 4.69) is 10.2 Å². The van der Waals surface area contributed by atoms with E-state index >= 15 is 4.39 Å². The zero-order valence-corrected chi connectivity index (χ0v) is 17.7. The summed E-state index contributed by atoms with van der Waals surface area (Å²) < 4.78 is 51.4. The summed E-state index contributed by atoms with van der Waals surface area (Å²) in [5, 5.41) is 18.0. The molecular formula is C23H23F3N4O2. The number of β-amino-alcohol motifs (C(OH)–C–C–N with tert-alkyl or cyclic N) is 1. The molecule has 2 aromatic carbocycles. The van der Waals surface area contributed by atoms with Crippen LogP contribution in [0.3, 0.4) is 0 Å². The van der Waals surface area contributed by atoms with Crippen LogP contribution in [0, 0.1) is 31.3 Å². The third-order valence-corrected chi connectivity index (χ3v) is 6.34. The molecule has 1 N–H and O–H groups in total. The van der Waals surface area contributed by atoms with Gasteiger partial charge in [-0.2, -0.15) is 0 Å². The second-order valence-corrected chi connectivity index (χ2v) is 8.45. The number of aliphatic hydroxyl groups excluding tert-OH is 1. The van der Waals surface area contributed by atoms with Gasteiger partial charge in [0.2, 0.25) is 0 Å². The van der Waals surface area contributed by atoms with Gasteiger partial charge in [-0.05, 0) is 50.5 Å². The van der Waals surface area contributed by atoms with Crippen molar-refractivity contribution in [3.63, 3.8) is 0 Å². The molecule has 0 saturated carbocycles. The fraction of sp³-hybridized carbons (Fsp3) is 0.391. The van der Waals surface area contributed by atoms with E-state index in [-0.39, 0.29) is 11.8 Å². The first-order chi connectivity index (χ1) is 15.3. The van der Waals surface area contributed by atoms with Gasteiger partial charge in [-0.1, -0.05) is 0 Å². The zero-order chi connectivity index (χ0) is 22.6. The van der Waals surface area contributed by atoms with Crippen LogP contribution in [-0.2, 0) is 6.42 Å². The second kappa shape index (κ2) is 7.90. The lowest BCUT2D eigenvalue weighted by Gasteiger charge is -2.30. The highest BCUT2D eigenvalue weighted by molar-refractivity contribution is 5.43. The normalized spacial score (nSPS) is 23.0. The smallest absolute Gasteiger partial charge is 0.167 e. The number of nitrogens with zero attached hydrogens (tertiary/aromatic N) is 4. The van der Waals surface area contributed by atoms with Gasteiger partial charge in [0, 0.05) is 30.8 Å². The highest BCUT2D eigenvalue weighted by Crippen LogP contribution is 2.41. The summed E-state index contributed by atoms with van der Waals surface area (Å²) in [5.74, 6) is -0.695. The van der Waals surface area contributed by atoms with Crippen molar-refractivity contribution in [2.75, 3.05) is 13.1 Å². The van der Waals surface area contributed by atoms with Crippen molar-refractivity contribution in [3.05, 3.63) is 70.6 Å². The van der Waals surface area contributed by atoms with E-state index in [0.29, 0.717) is 54.4 Å². The Hall–Kier alpha value is -2.91. The van der Waals surface area contributed by atoms with Crippen LogP contribution in [0.4, 0.5) is 13.2 Å². The van der Waals surface area contributed by atoms with E-state index in [1.165, 1.54) is 18.2 Å². The second-order valence-electron chi connectivity index (χ2n) is 8.45. The molecule has 32 heavy (non-hydrogen) atoms. The number of ether oxygens (including phenoxy) is 1. The predicted octanol–water partition coefficient (Wildman–Crippen LogP) is 3.41. The molecule has 168 valence electrons. The minimum absolute atomic E-state index is 0.00982. The van der Waals surface area contributed by atoms with Crippen molar-refractivity contribution in [3.8, 4) is 11.4 Å². The molecule has 3 aromatic rings. The lowest BCUT2D eigenvalue weighted by Crippen LogP contribution is -2.39. The summed E-state index contributed by atoms with van der Waals surface area (Å²) in [6.07, 6.45) is -0.346. The minimum Gasteiger partial charge on any atom is -0.481 e. The van der Waals surface area contributed by atoms with Crippen molar-refractivity contribution in [1.29, 1.82) is 0 Å². The first-order valence-electron chi connectivity index (χ1n) is 10.6. The van der Waals surface area contributed by atoms with Gasteiger partial charge in [-0.25, -0.2) is 13.2 Å². The minimum atomic E-state index is -0.765. The summed E-state index contributed by atoms with van der Waals surface area (Å²) in [4.78, 5) is 2.00. The van der Waals surface area contributed by atoms with Gasteiger partial charge < -0.3 is 9.84 Å². The van der Waals surface area contributed by atoms with E-state index in [9.17, 15) is 13.9 Å². The van der Waals surface area contributed by atoms with Crippen LogP contribution in [0.5, 0.6) is 5.75 Å². The summed E-state index contributed by atoms with van der Waals surface area (Å²) in [5.41, 5.74) is 1.30. The summed E-state index contributed by atoms with van der Waals surface area (Å²) in [7, 11) is 0. The monoisotopic (exact) mass is 444 g/mol. The standard InChI is InChI=1S/C23H23F3N4O2/c1-12-27-28-13(2)30(12)15-3-4-22(20(26)9-15)32-23-18-7-14(24)8-19(25)17(18)10-21(23)29-6-5-16(31)11-29/h3-4,7-9,16,21,23,31H,5-6,10-11H2,1-2H3/t16?,21-,23-/m0/s1. The number of likely N-dealkylation sites (tertiary alicyclic amines) is 1. The lowest BCUT2D eigenvalue weighted by molar-refractivity contribution is 0.0789. The predicted molar refractivity (Wildman–Crippen MR) is 110 cm³/mol. The van der Waals surface area contributed by atoms with E-state index in [4.69, 9.17) is 4.74 Å². The van der Waals surface area contributed by atoms with Crippen molar-refractivity contribution < 1.29 is 23.0 Å². The summed E-state index contributed by atoms with van der Waals surface area (Å²) in [6.45, 7) is 4.57. The van der Waals surface area contributed by atoms with Crippen molar-refractivity contribution in [2.24, 2.45) is 0 Å². The number of rotatable bonds is 4. The number of aliphatic hydroxyl groups is 1. The molecule has 5 rings (SSSR count). The van der Waals surface area contributed by atoms with Gasteiger partial charge in [-0.15, -0.1) is 10.2 Å². The van der Waals surface area contributed by atoms with Gasteiger partial charge >= 0.3 is 0 Å². The maximum atomic E-state index is 15.1. The highest BCUT2D eigenvalue weighted by Gasteiger charge is 2.42. The molecule has 3 atom stereocenters. The Kier molecular flexibility index (Phi) is 5.17. The molecule has 1 saturated heterocycles. The molecule has 1 unspecified atom stereocenters. The number of aryl methyl sites for hydroxylation is 2. The molecule has 0 radical (unpaired) electrons. The molecule has 2 heterocycles. The fourth-order valence-corrected chi connectivity index (χ4v) is 4.85. The first-order valence-corrected chi connectivity index (χ1v) is 10.6. The van der Waals surface area contributed by atoms with Crippen molar-refractivity contribution in [1.82, 2.24) is 19.7 Å². The molecule has 6 nitrogen and oxygen atoms in total. The van der Waals surface area contributed by atoms with Crippen molar-refractivity contribution >= 4 is 0 Å². The summed E-state index contributed by atoms with van der Waals surface area (Å²) in [6, 6.07) is 6.31. The Bertz CT molecular complexity index is 1160. The van der Waals surface area contributed by atoms with Gasteiger partial charge in [0.05, 0.1) is 17.8 Å². The third-order valence-electron chi connectivity index (χ3n) is 6.34. The molecular weight excluding hydrogens is 421 g/mol. The Morgan fingerprint density at radius 1 is 1.03 bits per heavy atom. The lowest BCUT2D eigenvalue weighted by atomic mass is 10.1. The van der Waals surface area contributed by atoms with Gasteiger partial charge in [0.15, 0.2) is 11.6 Å². The largest absolute Gasteiger partial charge is 0.481 e. The topological polar surface area (TPSA) is 63.4 Å². The molecule has 0 bridgehead atoms. The van der Waals surface area contributed by atoms with Crippen LogP contribution in [0.15, 0.2) is 30.3 Å². The molecule has 1 aliphatic heterocycles. The molecule has 1 fully saturated rings. The van der Waals surface area contributed by atoms with Crippen LogP contribution >= 0.6 is 0 Å². The number of fused-ring (bicyclic) bond motifs is 1. The van der Waals surface area contributed by atoms with E-state index in [0.717, 1.165) is 6.07 Å². The Balaban J connectivity index is 1.50. The number of aromatic nitrogens is 3. The zero-order valence-electron chi connectivity index (χ0n) is 17.7. The van der Waals surface area contributed by atoms with E-state index in [1.54, 1.807) is 24.5 Å². The molecule has 9 heteroatoms. The van der Waals surface area contributed by atoms with Gasteiger partial charge in [0.1, 0.15) is 29.4 Å². The maximum Gasteiger partial charge on any atom is 0.167 e. The Morgan fingerprint density at radius 3 is 2.44 bits per heavy atom. The number of hydrogen-bond donors (Lipinski definition) is 1. The van der Waals surface area contributed by atoms with Crippen LogP contribution in [0.2, 0.25) is 0 Å². The quantitative estimate of drug-likeness (QED) is 0.668. The van der Waals surface area contributed by atoms with Crippen molar-refractivity contribution in [2.45, 2.75) is 44.9 Å². The first kappa shape index (κ1) is 21.0. The van der Waals surface area contributed by atoms with Gasteiger partial charge in [0.25, 0.3) is 0 Å². The number of halogens is 3. The summed E-state index contributed by atoms with van der Waals surface area (Å²) >= 11 is 0. The Morgan fingerprint density at radius 2 is 1.78 bits per heavy atom. The van der Waals surface area contributed by atoms with Crippen LogP contribution in [0.25, 0.3) is 5.69 Å². The average molecular weight is 444 g/mol. The Labute approximate surface area is 183 Å². The molecule has 0 spiro atoms. The maximum absolute atomic E-state index is 15.1. The van der Waals surface area contributed by atoms with Gasteiger partial charge in [-0.3, -0.25) is 9.47 Å². The number of benzene rings is 2. The molecule has 2 aliphatic rings. The fourth-order valence-electron chi connectivity index (χ4n) is 4.85. The third kappa shape index (κ3) is 3.55.